The maximum Gasteiger partial charge on any atom is 0.218 e. The summed E-state index contributed by atoms with van der Waals surface area (Å²) in [6.07, 6.45) is 0. The number of nitrogens with zero attached hydrogens (tertiary/aromatic N) is 1. The highest BCUT2D eigenvalue weighted by Gasteiger charge is 2.19. The van der Waals surface area contributed by atoms with Gasteiger partial charge in [-0.25, -0.2) is 4.98 Å². The second-order valence-electron chi connectivity index (χ2n) is 4.27. The second kappa shape index (κ2) is 4.10. The zero-order valence-corrected chi connectivity index (χ0v) is 10.2. The van der Waals surface area contributed by atoms with Crippen LogP contribution in [0.5, 0.6) is 5.88 Å². The van der Waals surface area contributed by atoms with E-state index >= 15 is 0 Å². The minimum Gasteiger partial charge on any atom is -0.481 e. The van der Waals surface area contributed by atoms with E-state index in [9.17, 15) is 0 Å². The Morgan fingerprint density at radius 2 is 2.00 bits per heavy atom. The predicted octanol–water partition coefficient (Wildman–Crippen LogP) is 1.13. The maximum atomic E-state index is 9.03. The van der Waals surface area contributed by atoms with Crippen molar-refractivity contribution < 1.29 is 9.84 Å². The molecule has 0 bridgehead atoms. The monoisotopic (exact) mass is 211 g/mol. The van der Waals surface area contributed by atoms with Gasteiger partial charge in [-0.1, -0.05) is 19.6 Å². The van der Waals surface area contributed by atoms with Gasteiger partial charge < -0.3 is 9.84 Å². The molecule has 3 nitrogen and oxygen atoms in total. The third-order valence-electron chi connectivity index (χ3n) is 2.07. The minimum atomic E-state index is -1.39. The number of aromatic nitrogens is 1. The normalized spacial score (nSPS) is 11.5. The number of rotatable bonds is 3. The summed E-state index contributed by atoms with van der Waals surface area (Å²) in [5, 5.41) is 10.1. The fourth-order valence-electron chi connectivity index (χ4n) is 1.18. The number of methoxy groups -OCH3 is 1. The van der Waals surface area contributed by atoms with E-state index in [1.807, 2.05) is 12.1 Å². The second-order valence-corrected chi connectivity index (χ2v) is 9.29. The van der Waals surface area contributed by atoms with Crippen molar-refractivity contribution in [3.63, 3.8) is 0 Å². The minimum absolute atomic E-state index is 0.0256. The molecule has 0 saturated carbocycles. The highest BCUT2D eigenvalue weighted by atomic mass is 28.3. The Labute approximate surface area is 85.8 Å². The first-order chi connectivity index (χ1) is 6.49. The van der Waals surface area contributed by atoms with E-state index in [4.69, 9.17) is 9.84 Å². The van der Waals surface area contributed by atoms with Crippen molar-refractivity contribution in [2.45, 2.75) is 26.2 Å². The van der Waals surface area contributed by atoms with Gasteiger partial charge in [-0.3, -0.25) is 0 Å². The van der Waals surface area contributed by atoms with Gasteiger partial charge in [-0.2, -0.15) is 0 Å². The number of hydrogen-bond acceptors (Lipinski definition) is 3. The fourth-order valence-corrected chi connectivity index (χ4v) is 2.20. The summed E-state index contributed by atoms with van der Waals surface area (Å²) in [7, 11) is 0.189. The number of ether oxygens (including phenoxy) is 1. The SMILES string of the molecule is COc1nc([Si](C)(C)C)ccc1CO. The van der Waals surface area contributed by atoms with Crippen LogP contribution in [0.4, 0.5) is 0 Å². The van der Waals surface area contributed by atoms with Crippen molar-refractivity contribution in [1.29, 1.82) is 0 Å². The van der Waals surface area contributed by atoms with Gasteiger partial charge in [0.15, 0.2) is 0 Å². The molecule has 0 atom stereocenters. The van der Waals surface area contributed by atoms with Crippen LogP contribution >= 0.6 is 0 Å². The van der Waals surface area contributed by atoms with Crippen LogP contribution in [-0.4, -0.2) is 25.3 Å². The Hall–Kier alpha value is -0.873. The molecular weight excluding hydrogens is 194 g/mol. The summed E-state index contributed by atoms with van der Waals surface area (Å²) in [6.45, 7) is 6.66. The topological polar surface area (TPSA) is 42.4 Å². The molecule has 4 heteroatoms. The van der Waals surface area contributed by atoms with Gasteiger partial charge in [-0.05, 0) is 12.1 Å². The zero-order chi connectivity index (χ0) is 10.8. The van der Waals surface area contributed by atoms with E-state index in [-0.39, 0.29) is 6.61 Å². The molecule has 1 N–H and O–H groups in total. The molecule has 0 aromatic carbocycles. The van der Waals surface area contributed by atoms with E-state index < -0.39 is 8.07 Å². The number of aliphatic hydroxyl groups is 1. The molecule has 78 valence electrons. The lowest BCUT2D eigenvalue weighted by atomic mass is 10.3. The van der Waals surface area contributed by atoms with Crippen LogP contribution < -0.4 is 10.1 Å². The lowest BCUT2D eigenvalue weighted by molar-refractivity contribution is 0.271. The van der Waals surface area contributed by atoms with Crippen molar-refractivity contribution in [3.8, 4) is 5.88 Å². The van der Waals surface area contributed by atoms with E-state index in [0.29, 0.717) is 5.88 Å². The summed E-state index contributed by atoms with van der Waals surface area (Å²) in [4.78, 5) is 4.41. The van der Waals surface area contributed by atoms with Crippen molar-refractivity contribution in [2.24, 2.45) is 0 Å². The lowest BCUT2D eigenvalue weighted by Gasteiger charge is -2.16. The van der Waals surface area contributed by atoms with Crippen LogP contribution in [0.25, 0.3) is 0 Å². The van der Waals surface area contributed by atoms with Gasteiger partial charge in [0.05, 0.1) is 13.7 Å². The van der Waals surface area contributed by atoms with Crippen molar-refractivity contribution in [1.82, 2.24) is 4.98 Å². The Balaban J connectivity index is 3.14. The molecule has 1 aromatic heterocycles. The highest BCUT2D eigenvalue weighted by molar-refractivity contribution is 6.88. The van der Waals surface area contributed by atoms with Gasteiger partial charge in [0.1, 0.15) is 8.07 Å². The maximum absolute atomic E-state index is 9.03. The first-order valence-electron chi connectivity index (χ1n) is 4.64. The Morgan fingerprint density at radius 1 is 1.36 bits per heavy atom. The molecule has 0 spiro atoms. The Kier molecular flexibility index (Phi) is 3.28. The molecule has 1 heterocycles. The van der Waals surface area contributed by atoms with E-state index in [2.05, 4.69) is 24.6 Å². The van der Waals surface area contributed by atoms with Gasteiger partial charge in [0.25, 0.3) is 0 Å². The summed E-state index contributed by atoms with van der Waals surface area (Å²) >= 11 is 0. The predicted molar refractivity (Wildman–Crippen MR) is 59.7 cm³/mol. The number of aliphatic hydroxyl groups excluding tert-OH is 1. The largest absolute Gasteiger partial charge is 0.481 e. The van der Waals surface area contributed by atoms with Crippen LogP contribution in [0, 0.1) is 0 Å². The van der Waals surface area contributed by atoms with Crippen LogP contribution in [-0.2, 0) is 6.61 Å². The van der Waals surface area contributed by atoms with Crippen molar-refractivity contribution in [2.75, 3.05) is 7.11 Å². The highest BCUT2D eigenvalue weighted by Crippen LogP contribution is 2.14. The number of pyridine rings is 1. The standard InChI is InChI=1S/C10H17NO2Si/c1-13-10-8(7-12)5-6-9(11-10)14(2,3)4/h5-6,12H,7H2,1-4H3. The van der Waals surface area contributed by atoms with Crippen LogP contribution in [0.2, 0.25) is 19.6 Å². The van der Waals surface area contributed by atoms with Crippen LogP contribution in [0.1, 0.15) is 5.56 Å². The third kappa shape index (κ3) is 2.33. The smallest absolute Gasteiger partial charge is 0.218 e. The molecule has 0 radical (unpaired) electrons. The van der Waals surface area contributed by atoms with E-state index in [1.165, 1.54) is 0 Å². The molecule has 0 aliphatic carbocycles. The summed E-state index contributed by atoms with van der Waals surface area (Å²) in [5.74, 6) is 0.549. The van der Waals surface area contributed by atoms with Crippen LogP contribution in [0.15, 0.2) is 12.1 Å². The van der Waals surface area contributed by atoms with Gasteiger partial charge in [0, 0.05) is 10.9 Å². The Bertz CT molecular complexity index is 320. The molecule has 0 aliphatic rings. The van der Waals surface area contributed by atoms with Gasteiger partial charge >= 0.3 is 0 Å². The summed E-state index contributed by atoms with van der Waals surface area (Å²) in [5.41, 5.74) is 0.745. The van der Waals surface area contributed by atoms with Crippen LogP contribution in [0.3, 0.4) is 0 Å². The molecule has 14 heavy (non-hydrogen) atoms. The van der Waals surface area contributed by atoms with Gasteiger partial charge in [0.2, 0.25) is 5.88 Å². The van der Waals surface area contributed by atoms with Crippen molar-refractivity contribution >= 4 is 13.4 Å². The summed E-state index contributed by atoms with van der Waals surface area (Å²) in [6, 6.07) is 3.87. The molecule has 1 rings (SSSR count). The first-order valence-corrected chi connectivity index (χ1v) is 8.14. The molecule has 0 amide bonds. The fraction of sp³-hybridized carbons (Fsp3) is 0.500. The van der Waals surface area contributed by atoms with Crippen molar-refractivity contribution in [3.05, 3.63) is 17.7 Å². The zero-order valence-electron chi connectivity index (χ0n) is 9.16. The average Bonchev–Trinajstić information content (AvgIpc) is 2.15. The number of hydrogen-bond donors (Lipinski definition) is 1. The molecule has 0 fully saturated rings. The molecule has 0 saturated heterocycles. The Morgan fingerprint density at radius 3 is 2.43 bits per heavy atom. The molecule has 0 unspecified atom stereocenters. The lowest BCUT2D eigenvalue weighted by Crippen LogP contribution is -2.40. The van der Waals surface area contributed by atoms with E-state index in [1.54, 1.807) is 7.11 Å². The first kappa shape index (κ1) is 11.2. The summed E-state index contributed by atoms with van der Waals surface area (Å²) < 4.78 is 5.12. The average molecular weight is 211 g/mol. The molecule has 1 aromatic rings. The molecular formula is C10H17NO2Si. The van der Waals surface area contributed by atoms with Gasteiger partial charge in [-0.15, -0.1) is 0 Å². The third-order valence-corrected chi connectivity index (χ3v) is 3.89. The van der Waals surface area contributed by atoms with E-state index in [0.717, 1.165) is 10.9 Å². The molecule has 0 aliphatic heterocycles. The quantitative estimate of drug-likeness (QED) is 0.762.